The van der Waals surface area contributed by atoms with Gasteiger partial charge in [-0.25, -0.2) is 9.50 Å². The lowest BCUT2D eigenvalue weighted by molar-refractivity contribution is 0.415. The summed E-state index contributed by atoms with van der Waals surface area (Å²) >= 11 is 0. The molecule has 0 saturated heterocycles. The maximum absolute atomic E-state index is 12.4. The van der Waals surface area contributed by atoms with Crippen LogP contribution in [0, 0.1) is 0 Å². The highest BCUT2D eigenvalue weighted by atomic mass is 16.5. The minimum atomic E-state index is -0.166. The number of aromatic nitrogens is 4. The van der Waals surface area contributed by atoms with E-state index in [2.05, 4.69) is 15.1 Å². The summed E-state index contributed by atoms with van der Waals surface area (Å²) in [7, 11) is 1.62. The third-order valence-electron chi connectivity index (χ3n) is 3.86. The zero-order chi connectivity index (χ0) is 16.5. The fourth-order valence-electron chi connectivity index (χ4n) is 2.63. The van der Waals surface area contributed by atoms with Gasteiger partial charge in [-0.15, -0.1) is 0 Å². The molecule has 3 heterocycles. The molecular weight excluding hydrogens is 304 g/mol. The number of hydrogen-bond donors (Lipinski definition) is 1. The smallest absolute Gasteiger partial charge is 0.273 e. The van der Waals surface area contributed by atoms with Crippen LogP contribution in [0.4, 0.5) is 0 Å². The predicted molar refractivity (Wildman–Crippen MR) is 91.0 cm³/mol. The summed E-state index contributed by atoms with van der Waals surface area (Å²) in [5.74, 6) is 0.759. The minimum Gasteiger partial charge on any atom is -0.497 e. The van der Waals surface area contributed by atoms with Crippen molar-refractivity contribution >= 4 is 5.65 Å². The van der Waals surface area contributed by atoms with Crippen molar-refractivity contribution in [2.75, 3.05) is 7.11 Å². The van der Waals surface area contributed by atoms with E-state index in [1.165, 1.54) is 10.6 Å². The number of benzene rings is 1. The maximum atomic E-state index is 12.4. The zero-order valence-electron chi connectivity index (χ0n) is 12.9. The van der Waals surface area contributed by atoms with Crippen molar-refractivity contribution in [1.29, 1.82) is 0 Å². The van der Waals surface area contributed by atoms with Gasteiger partial charge in [-0.2, -0.15) is 0 Å². The van der Waals surface area contributed by atoms with E-state index in [0.717, 1.165) is 22.4 Å². The Morgan fingerprint density at radius 3 is 2.67 bits per heavy atom. The first-order valence-corrected chi connectivity index (χ1v) is 7.42. The third kappa shape index (κ3) is 2.34. The summed E-state index contributed by atoms with van der Waals surface area (Å²) < 4.78 is 6.59. The standard InChI is InChI=1S/C18H14N4O2/c1-24-14-6-4-12(5-7-14)16-9-17(23)22-18(21-16)15(11-20-22)13-3-2-8-19-10-13/h2-11,20H,1H3. The number of nitrogens with zero attached hydrogens (tertiary/aromatic N) is 3. The first-order valence-electron chi connectivity index (χ1n) is 7.42. The van der Waals surface area contributed by atoms with Crippen molar-refractivity contribution in [3.63, 3.8) is 0 Å². The summed E-state index contributed by atoms with van der Waals surface area (Å²) in [4.78, 5) is 21.2. The lowest BCUT2D eigenvalue weighted by atomic mass is 10.1. The van der Waals surface area contributed by atoms with Crippen molar-refractivity contribution in [2.45, 2.75) is 0 Å². The summed E-state index contributed by atoms with van der Waals surface area (Å²) in [6.07, 6.45) is 5.22. The minimum absolute atomic E-state index is 0.166. The molecule has 0 aliphatic heterocycles. The molecule has 0 spiro atoms. The molecule has 1 N–H and O–H groups in total. The van der Waals surface area contributed by atoms with Crippen LogP contribution in [-0.2, 0) is 0 Å². The molecule has 0 saturated carbocycles. The second-order valence-electron chi connectivity index (χ2n) is 5.30. The number of ether oxygens (including phenoxy) is 1. The van der Waals surface area contributed by atoms with Gasteiger partial charge in [-0.3, -0.25) is 14.9 Å². The highest BCUT2D eigenvalue weighted by molar-refractivity contribution is 5.78. The maximum Gasteiger partial charge on any atom is 0.273 e. The molecule has 0 aliphatic rings. The Hall–Kier alpha value is -3.41. The van der Waals surface area contributed by atoms with Crippen LogP contribution in [0.25, 0.3) is 28.0 Å². The summed E-state index contributed by atoms with van der Waals surface area (Å²) in [5.41, 5.74) is 3.61. The Labute approximate surface area is 137 Å². The average molecular weight is 318 g/mol. The third-order valence-corrected chi connectivity index (χ3v) is 3.86. The van der Waals surface area contributed by atoms with E-state index in [4.69, 9.17) is 4.74 Å². The summed E-state index contributed by atoms with van der Waals surface area (Å²) in [6.45, 7) is 0. The molecule has 0 amide bonds. The van der Waals surface area contributed by atoms with E-state index < -0.39 is 0 Å². The van der Waals surface area contributed by atoms with Crippen LogP contribution in [0.3, 0.4) is 0 Å². The van der Waals surface area contributed by atoms with Gasteiger partial charge in [0.05, 0.1) is 12.8 Å². The molecule has 3 aromatic heterocycles. The molecule has 0 radical (unpaired) electrons. The van der Waals surface area contributed by atoms with Crippen LogP contribution < -0.4 is 10.3 Å². The van der Waals surface area contributed by atoms with E-state index in [1.54, 1.807) is 25.7 Å². The van der Waals surface area contributed by atoms with Gasteiger partial charge >= 0.3 is 0 Å². The topological polar surface area (TPSA) is 72.3 Å². The molecule has 6 nitrogen and oxygen atoms in total. The van der Waals surface area contributed by atoms with Gasteiger partial charge in [0, 0.05) is 41.3 Å². The Morgan fingerprint density at radius 2 is 1.96 bits per heavy atom. The van der Waals surface area contributed by atoms with Gasteiger partial charge in [0.15, 0.2) is 5.65 Å². The molecule has 1 aromatic carbocycles. The molecule has 4 rings (SSSR count). The predicted octanol–water partition coefficient (Wildman–Crippen LogP) is 2.76. The van der Waals surface area contributed by atoms with Gasteiger partial charge in [0.2, 0.25) is 0 Å². The summed E-state index contributed by atoms with van der Waals surface area (Å²) in [6, 6.07) is 12.8. The van der Waals surface area contributed by atoms with Crippen molar-refractivity contribution in [3.8, 4) is 28.1 Å². The van der Waals surface area contributed by atoms with Crippen molar-refractivity contribution < 1.29 is 4.74 Å². The van der Waals surface area contributed by atoms with E-state index >= 15 is 0 Å². The number of hydrogen-bond acceptors (Lipinski definition) is 4. The van der Waals surface area contributed by atoms with E-state index in [-0.39, 0.29) is 5.56 Å². The van der Waals surface area contributed by atoms with Gasteiger partial charge in [0.25, 0.3) is 5.56 Å². The van der Waals surface area contributed by atoms with E-state index in [1.807, 2.05) is 36.4 Å². The Bertz CT molecular complexity index is 1050. The van der Waals surface area contributed by atoms with Crippen LogP contribution in [0.2, 0.25) is 0 Å². The van der Waals surface area contributed by atoms with Crippen LogP contribution >= 0.6 is 0 Å². The number of rotatable bonds is 3. The van der Waals surface area contributed by atoms with Gasteiger partial charge in [-0.05, 0) is 30.3 Å². The number of fused-ring (bicyclic) bond motifs is 1. The fraction of sp³-hybridized carbons (Fsp3) is 0.0556. The molecule has 0 bridgehead atoms. The Morgan fingerprint density at radius 1 is 1.12 bits per heavy atom. The monoisotopic (exact) mass is 318 g/mol. The van der Waals surface area contributed by atoms with Gasteiger partial charge in [-0.1, -0.05) is 6.07 Å². The Kier molecular flexibility index (Phi) is 3.35. The first-order chi connectivity index (χ1) is 11.8. The van der Waals surface area contributed by atoms with Gasteiger partial charge < -0.3 is 4.74 Å². The lowest BCUT2D eigenvalue weighted by Crippen LogP contribution is -2.14. The molecule has 6 heteroatoms. The van der Waals surface area contributed by atoms with Crippen LogP contribution in [0.1, 0.15) is 0 Å². The van der Waals surface area contributed by atoms with Crippen LogP contribution in [0.5, 0.6) is 5.75 Å². The first kappa shape index (κ1) is 14.2. The lowest BCUT2D eigenvalue weighted by Gasteiger charge is -2.04. The Balaban J connectivity index is 1.90. The number of aromatic amines is 1. The SMILES string of the molecule is COc1ccc(-c2cc(=O)n3[nH]cc(-c4cccnc4)c3n2)cc1. The van der Waals surface area contributed by atoms with Crippen LogP contribution in [0.15, 0.2) is 65.8 Å². The van der Waals surface area contributed by atoms with Crippen molar-refractivity contribution in [1.82, 2.24) is 19.6 Å². The molecule has 24 heavy (non-hydrogen) atoms. The highest BCUT2D eigenvalue weighted by Gasteiger charge is 2.12. The molecule has 0 atom stereocenters. The zero-order valence-corrected chi connectivity index (χ0v) is 12.9. The molecule has 0 aliphatic carbocycles. The second-order valence-corrected chi connectivity index (χ2v) is 5.30. The number of pyridine rings is 1. The van der Waals surface area contributed by atoms with Gasteiger partial charge in [0.1, 0.15) is 5.75 Å². The number of nitrogens with one attached hydrogen (secondary N) is 1. The van der Waals surface area contributed by atoms with Crippen molar-refractivity contribution in [2.24, 2.45) is 0 Å². The molecular formula is C18H14N4O2. The summed E-state index contributed by atoms with van der Waals surface area (Å²) in [5, 5.41) is 2.95. The fourth-order valence-corrected chi connectivity index (χ4v) is 2.63. The van der Waals surface area contributed by atoms with E-state index in [0.29, 0.717) is 11.3 Å². The molecule has 0 unspecified atom stereocenters. The largest absolute Gasteiger partial charge is 0.497 e. The quantitative estimate of drug-likeness (QED) is 0.630. The molecule has 0 fully saturated rings. The number of methoxy groups -OCH3 is 1. The number of H-pyrrole nitrogens is 1. The second kappa shape index (κ2) is 5.66. The molecule has 4 aromatic rings. The molecule has 118 valence electrons. The van der Waals surface area contributed by atoms with E-state index in [9.17, 15) is 4.79 Å². The average Bonchev–Trinajstić information content (AvgIpc) is 3.07. The highest BCUT2D eigenvalue weighted by Crippen LogP contribution is 2.24. The van der Waals surface area contributed by atoms with Crippen LogP contribution in [-0.4, -0.2) is 26.7 Å². The normalized spacial score (nSPS) is 10.9. The van der Waals surface area contributed by atoms with Crippen molar-refractivity contribution in [3.05, 3.63) is 71.4 Å².